The van der Waals surface area contributed by atoms with Crippen LogP contribution in [0.1, 0.15) is 24.7 Å². The Morgan fingerprint density at radius 1 is 1.32 bits per heavy atom. The number of aryl methyl sites for hydroxylation is 1. The molecule has 2 N–H and O–H groups in total. The normalized spacial score (nSPS) is 10.7. The van der Waals surface area contributed by atoms with Gasteiger partial charge in [-0.15, -0.1) is 0 Å². The van der Waals surface area contributed by atoms with E-state index in [1.54, 1.807) is 0 Å². The molecule has 1 aromatic heterocycles. The van der Waals surface area contributed by atoms with Crippen molar-refractivity contribution in [2.24, 2.45) is 0 Å². The quantitative estimate of drug-likeness (QED) is 0.874. The number of aromatic nitrogens is 2. The van der Waals surface area contributed by atoms with Crippen molar-refractivity contribution in [1.82, 2.24) is 9.78 Å². The first kappa shape index (κ1) is 13.9. The van der Waals surface area contributed by atoms with Crippen LogP contribution in [0.2, 0.25) is 0 Å². The highest BCUT2D eigenvalue weighted by atomic mass is 79.9. The molecule has 0 saturated carbocycles. The van der Waals surface area contributed by atoms with Crippen LogP contribution in [0, 0.1) is 13.8 Å². The molecule has 1 heterocycles. The lowest BCUT2D eigenvalue weighted by Crippen LogP contribution is -2.02. The van der Waals surface area contributed by atoms with Crippen LogP contribution >= 0.6 is 15.9 Å². The van der Waals surface area contributed by atoms with E-state index >= 15 is 0 Å². The fourth-order valence-electron chi connectivity index (χ4n) is 1.91. The van der Waals surface area contributed by atoms with Gasteiger partial charge in [-0.3, -0.25) is 0 Å². The van der Waals surface area contributed by atoms with E-state index in [9.17, 15) is 0 Å². The lowest BCUT2D eigenvalue weighted by molar-refractivity contribution is 0.317. The second-order valence-corrected chi connectivity index (χ2v) is 5.30. The van der Waals surface area contributed by atoms with Crippen molar-refractivity contribution in [2.75, 3.05) is 12.3 Å². The summed E-state index contributed by atoms with van der Waals surface area (Å²) in [5.74, 6) is 0.778. The summed E-state index contributed by atoms with van der Waals surface area (Å²) >= 11 is 3.53. The number of ether oxygens (including phenoxy) is 1. The standard InChI is InChI=1S/C14H18BrN3O/c1-4-5-19-13-7-11(16)6-12(8-13)18-10(3)14(15)9(2)17-18/h6-8H,4-5,16H2,1-3H3. The van der Waals surface area contributed by atoms with Crippen LogP contribution < -0.4 is 10.5 Å². The highest BCUT2D eigenvalue weighted by Crippen LogP contribution is 2.26. The highest BCUT2D eigenvalue weighted by Gasteiger charge is 2.11. The minimum Gasteiger partial charge on any atom is -0.493 e. The van der Waals surface area contributed by atoms with E-state index in [2.05, 4.69) is 28.0 Å². The second-order valence-electron chi connectivity index (χ2n) is 4.51. The molecule has 0 aliphatic heterocycles. The number of hydrogen-bond acceptors (Lipinski definition) is 3. The third kappa shape index (κ3) is 2.92. The van der Waals surface area contributed by atoms with Crippen LogP contribution in [0.15, 0.2) is 22.7 Å². The zero-order chi connectivity index (χ0) is 14.0. The second kappa shape index (κ2) is 5.65. The van der Waals surface area contributed by atoms with E-state index in [0.717, 1.165) is 33.7 Å². The molecular weight excluding hydrogens is 306 g/mol. The molecule has 2 aromatic rings. The van der Waals surface area contributed by atoms with Crippen LogP contribution in [-0.4, -0.2) is 16.4 Å². The molecule has 4 nitrogen and oxygen atoms in total. The van der Waals surface area contributed by atoms with Crippen molar-refractivity contribution < 1.29 is 4.74 Å². The summed E-state index contributed by atoms with van der Waals surface area (Å²) < 4.78 is 8.53. The molecule has 0 amide bonds. The monoisotopic (exact) mass is 323 g/mol. The molecule has 0 bridgehead atoms. The molecule has 0 aliphatic carbocycles. The summed E-state index contributed by atoms with van der Waals surface area (Å²) in [6.45, 7) is 6.74. The first-order valence-corrected chi connectivity index (χ1v) is 7.07. The summed E-state index contributed by atoms with van der Waals surface area (Å²) in [5, 5.41) is 4.50. The summed E-state index contributed by atoms with van der Waals surface area (Å²) in [5.41, 5.74) is 9.52. The number of nitrogens with zero attached hydrogens (tertiary/aromatic N) is 2. The zero-order valence-electron chi connectivity index (χ0n) is 11.4. The third-order valence-corrected chi connectivity index (χ3v) is 3.98. The molecule has 102 valence electrons. The van der Waals surface area contributed by atoms with E-state index in [4.69, 9.17) is 10.5 Å². The lowest BCUT2D eigenvalue weighted by atomic mass is 10.2. The van der Waals surface area contributed by atoms with E-state index in [-0.39, 0.29) is 0 Å². The largest absolute Gasteiger partial charge is 0.493 e. The van der Waals surface area contributed by atoms with E-state index in [0.29, 0.717) is 12.3 Å². The minimum atomic E-state index is 0.673. The van der Waals surface area contributed by atoms with Crippen molar-refractivity contribution >= 4 is 21.6 Å². The fourth-order valence-corrected chi connectivity index (χ4v) is 2.15. The van der Waals surface area contributed by atoms with Crippen LogP contribution in [0.25, 0.3) is 5.69 Å². The summed E-state index contributed by atoms with van der Waals surface area (Å²) in [7, 11) is 0. The van der Waals surface area contributed by atoms with E-state index in [1.165, 1.54) is 0 Å². The van der Waals surface area contributed by atoms with Gasteiger partial charge in [0.1, 0.15) is 5.75 Å². The third-order valence-electron chi connectivity index (χ3n) is 2.83. The molecule has 0 atom stereocenters. The van der Waals surface area contributed by atoms with Gasteiger partial charge in [0, 0.05) is 17.8 Å². The number of hydrogen-bond donors (Lipinski definition) is 1. The Morgan fingerprint density at radius 2 is 2.05 bits per heavy atom. The van der Waals surface area contributed by atoms with Gasteiger partial charge < -0.3 is 10.5 Å². The first-order chi connectivity index (χ1) is 9.02. The Morgan fingerprint density at radius 3 is 2.63 bits per heavy atom. The van der Waals surface area contributed by atoms with Gasteiger partial charge >= 0.3 is 0 Å². The fraction of sp³-hybridized carbons (Fsp3) is 0.357. The molecule has 0 unspecified atom stereocenters. The van der Waals surface area contributed by atoms with E-state index < -0.39 is 0 Å². The lowest BCUT2D eigenvalue weighted by Gasteiger charge is -2.10. The Kier molecular flexibility index (Phi) is 4.14. The Hall–Kier alpha value is -1.49. The van der Waals surface area contributed by atoms with Crippen molar-refractivity contribution in [2.45, 2.75) is 27.2 Å². The van der Waals surface area contributed by atoms with Gasteiger partial charge in [0.2, 0.25) is 0 Å². The van der Waals surface area contributed by atoms with Crippen LogP contribution in [0.4, 0.5) is 5.69 Å². The van der Waals surface area contributed by atoms with Crippen LogP contribution in [0.3, 0.4) is 0 Å². The molecule has 0 spiro atoms. The molecular formula is C14H18BrN3O. The molecule has 0 radical (unpaired) electrons. The molecule has 0 saturated heterocycles. The molecule has 0 fully saturated rings. The zero-order valence-corrected chi connectivity index (χ0v) is 13.0. The predicted octanol–water partition coefficient (Wildman–Crippen LogP) is 3.62. The number of halogens is 1. The van der Waals surface area contributed by atoms with Crippen LogP contribution in [-0.2, 0) is 0 Å². The van der Waals surface area contributed by atoms with Crippen molar-refractivity contribution in [3.63, 3.8) is 0 Å². The van der Waals surface area contributed by atoms with Gasteiger partial charge in [0.05, 0.1) is 28.2 Å². The molecule has 19 heavy (non-hydrogen) atoms. The number of benzene rings is 1. The summed E-state index contributed by atoms with van der Waals surface area (Å²) in [6.07, 6.45) is 0.968. The highest BCUT2D eigenvalue weighted by molar-refractivity contribution is 9.10. The molecule has 2 rings (SSSR count). The maximum absolute atomic E-state index is 5.93. The number of anilines is 1. The summed E-state index contributed by atoms with van der Waals surface area (Å²) in [6, 6.07) is 5.68. The van der Waals surface area contributed by atoms with E-state index in [1.807, 2.05) is 36.7 Å². The Bertz CT molecular complexity index is 593. The maximum Gasteiger partial charge on any atom is 0.123 e. The number of nitrogens with two attached hydrogens (primary N) is 1. The predicted molar refractivity (Wildman–Crippen MR) is 80.9 cm³/mol. The average Bonchev–Trinajstić information content (AvgIpc) is 2.63. The molecule has 5 heteroatoms. The Labute approximate surface area is 121 Å². The van der Waals surface area contributed by atoms with Gasteiger partial charge in [-0.2, -0.15) is 5.10 Å². The van der Waals surface area contributed by atoms with Gasteiger partial charge in [-0.05, 0) is 42.3 Å². The topological polar surface area (TPSA) is 53.1 Å². The van der Waals surface area contributed by atoms with Crippen molar-refractivity contribution in [3.05, 3.63) is 34.1 Å². The minimum absolute atomic E-state index is 0.673. The maximum atomic E-state index is 5.93. The Balaban J connectivity index is 2.43. The van der Waals surface area contributed by atoms with Crippen molar-refractivity contribution in [1.29, 1.82) is 0 Å². The smallest absolute Gasteiger partial charge is 0.123 e. The van der Waals surface area contributed by atoms with Gasteiger partial charge in [-0.1, -0.05) is 6.92 Å². The molecule has 1 aromatic carbocycles. The number of rotatable bonds is 4. The summed E-state index contributed by atoms with van der Waals surface area (Å²) in [4.78, 5) is 0. The average molecular weight is 324 g/mol. The molecule has 0 aliphatic rings. The van der Waals surface area contributed by atoms with Gasteiger partial charge in [0.25, 0.3) is 0 Å². The van der Waals surface area contributed by atoms with Crippen LogP contribution in [0.5, 0.6) is 5.75 Å². The first-order valence-electron chi connectivity index (χ1n) is 6.28. The van der Waals surface area contributed by atoms with Gasteiger partial charge in [-0.25, -0.2) is 4.68 Å². The SMILES string of the molecule is CCCOc1cc(N)cc(-n2nc(C)c(Br)c2C)c1. The van der Waals surface area contributed by atoms with Crippen molar-refractivity contribution in [3.8, 4) is 11.4 Å². The number of nitrogen functional groups attached to an aromatic ring is 1. The van der Waals surface area contributed by atoms with Gasteiger partial charge in [0.15, 0.2) is 0 Å².